The van der Waals surface area contributed by atoms with Gasteiger partial charge in [0.25, 0.3) is 0 Å². The van der Waals surface area contributed by atoms with E-state index in [-0.39, 0.29) is 12.3 Å². The predicted octanol–water partition coefficient (Wildman–Crippen LogP) is 6.13. The molecule has 3 aromatic carbocycles. The summed E-state index contributed by atoms with van der Waals surface area (Å²) in [5.41, 5.74) is 4.25. The average Bonchev–Trinajstić information content (AvgIpc) is 3.34. The Balaban J connectivity index is 1.47. The molecule has 34 heavy (non-hydrogen) atoms. The van der Waals surface area contributed by atoms with Crippen molar-refractivity contribution >= 4 is 5.71 Å². The molecule has 0 radical (unpaired) electrons. The minimum atomic E-state index is -0.367. The van der Waals surface area contributed by atoms with Gasteiger partial charge in [-0.3, -0.25) is 0 Å². The number of para-hydroxylation sites is 1. The van der Waals surface area contributed by atoms with Gasteiger partial charge in [0, 0.05) is 17.5 Å². The molecule has 0 spiro atoms. The van der Waals surface area contributed by atoms with Crippen LogP contribution in [0.3, 0.4) is 0 Å². The van der Waals surface area contributed by atoms with Crippen molar-refractivity contribution in [1.82, 2.24) is 5.01 Å². The molecule has 2 heterocycles. The molecule has 2 aliphatic heterocycles. The van der Waals surface area contributed by atoms with Crippen molar-refractivity contribution in [3.63, 3.8) is 0 Å². The molecular weight excluding hydrogens is 428 g/mol. The molecule has 0 fully saturated rings. The maximum atomic E-state index is 6.47. The molecule has 0 unspecified atom stereocenters. The molecular formula is C28H30N2O4. The highest BCUT2D eigenvalue weighted by atomic mass is 16.5. The Morgan fingerprint density at radius 1 is 0.971 bits per heavy atom. The van der Waals surface area contributed by atoms with E-state index in [0.29, 0.717) is 11.5 Å². The Kier molecular flexibility index (Phi) is 6.30. The van der Waals surface area contributed by atoms with Gasteiger partial charge in [0.15, 0.2) is 11.5 Å². The maximum Gasteiger partial charge on any atom is 0.214 e. The second-order valence-electron chi connectivity index (χ2n) is 8.50. The summed E-state index contributed by atoms with van der Waals surface area (Å²) in [7, 11) is 3.28. The molecule has 0 amide bonds. The van der Waals surface area contributed by atoms with E-state index in [1.807, 2.05) is 42.5 Å². The normalized spacial score (nSPS) is 18.4. The molecule has 176 valence electrons. The molecule has 2 aliphatic rings. The van der Waals surface area contributed by atoms with E-state index in [0.717, 1.165) is 59.8 Å². The van der Waals surface area contributed by atoms with Crippen LogP contribution in [0.15, 0.2) is 71.8 Å². The Morgan fingerprint density at radius 2 is 1.76 bits per heavy atom. The summed E-state index contributed by atoms with van der Waals surface area (Å²) < 4.78 is 23.3. The lowest BCUT2D eigenvalue weighted by atomic mass is 9.96. The third-order valence-electron chi connectivity index (χ3n) is 6.35. The van der Waals surface area contributed by atoms with Crippen molar-refractivity contribution in [3.8, 4) is 23.0 Å². The Bertz CT molecular complexity index is 1180. The first-order valence-corrected chi connectivity index (χ1v) is 11.8. The van der Waals surface area contributed by atoms with Gasteiger partial charge in [0.05, 0.1) is 32.6 Å². The topological polar surface area (TPSA) is 52.5 Å². The molecule has 0 aromatic heterocycles. The highest BCUT2D eigenvalue weighted by molar-refractivity contribution is 6.02. The van der Waals surface area contributed by atoms with Crippen molar-refractivity contribution < 1.29 is 18.9 Å². The van der Waals surface area contributed by atoms with Crippen LogP contribution >= 0.6 is 0 Å². The molecule has 6 heteroatoms. The van der Waals surface area contributed by atoms with Crippen molar-refractivity contribution in [2.45, 2.75) is 38.5 Å². The van der Waals surface area contributed by atoms with E-state index in [9.17, 15) is 0 Å². The van der Waals surface area contributed by atoms with Gasteiger partial charge in [0.1, 0.15) is 11.5 Å². The zero-order valence-electron chi connectivity index (χ0n) is 19.9. The Morgan fingerprint density at radius 3 is 2.53 bits per heavy atom. The van der Waals surface area contributed by atoms with Crippen LogP contribution in [0.2, 0.25) is 0 Å². The summed E-state index contributed by atoms with van der Waals surface area (Å²) in [5, 5.41) is 7.13. The van der Waals surface area contributed by atoms with Gasteiger partial charge >= 0.3 is 0 Å². The number of nitrogens with zero attached hydrogens (tertiary/aromatic N) is 2. The molecule has 0 saturated carbocycles. The summed E-state index contributed by atoms with van der Waals surface area (Å²) in [4.78, 5) is 0. The van der Waals surface area contributed by atoms with Crippen LogP contribution in [0.1, 0.15) is 55.1 Å². The molecule has 0 bridgehead atoms. The van der Waals surface area contributed by atoms with Crippen LogP contribution in [0, 0.1) is 0 Å². The van der Waals surface area contributed by atoms with Crippen molar-refractivity contribution in [1.29, 1.82) is 0 Å². The summed E-state index contributed by atoms with van der Waals surface area (Å²) in [5.74, 6) is 3.14. The van der Waals surface area contributed by atoms with Gasteiger partial charge in [-0.05, 0) is 60.5 Å². The fraction of sp³-hybridized carbons (Fsp3) is 0.321. The first-order chi connectivity index (χ1) is 16.7. The van der Waals surface area contributed by atoms with E-state index in [1.54, 1.807) is 14.2 Å². The number of hydrogen-bond donors (Lipinski definition) is 0. The second-order valence-corrected chi connectivity index (χ2v) is 8.50. The van der Waals surface area contributed by atoms with Gasteiger partial charge in [0.2, 0.25) is 6.23 Å². The smallest absolute Gasteiger partial charge is 0.214 e. The SMILES string of the molecule is CCCCOc1ccc(C2=NN3[C@@H](c4ccc(OC)c(OC)c4)Oc4ccccc4[C@@H]3C2)cc1. The molecule has 0 aliphatic carbocycles. The van der Waals surface area contributed by atoms with Gasteiger partial charge in [-0.25, -0.2) is 5.01 Å². The van der Waals surface area contributed by atoms with Gasteiger partial charge in [-0.1, -0.05) is 31.5 Å². The minimum absolute atomic E-state index is 0.0959. The van der Waals surface area contributed by atoms with Crippen LogP contribution in [0.5, 0.6) is 23.0 Å². The number of rotatable bonds is 8. The van der Waals surface area contributed by atoms with Gasteiger partial charge in [-0.15, -0.1) is 0 Å². The quantitative estimate of drug-likeness (QED) is 0.380. The Hall–Kier alpha value is -3.67. The van der Waals surface area contributed by atoms with E-state index < -0.39 is 0 Å². The van der Waals surface area contributed by atoms with Crippen LogP contribution in [-0.4, -0.2) is 31.5 Å². The summed E-state index contributed by atoms with van der Waals surface area (Å²) in [6, 6.07) is 22.4. The van der Waals surface area contributed by atoms with E-state index in [1.165, 1.54) is 0 Å². The first kappa shape index (κ1) is 22.1. The van der Waals surface area contributed by atoms with E-state index >= 15 is 0 Å². The molecule has 6 nitrogen and oxygen atoms in total. The molecule has 0 saturated heterocycles. The van der Waals surface area contributed by atoms with E-state index in [2.05, 4.69) is 36.2 Å². The third-order valence-corrected chi connectivity index (χ3v) is 6.35. The van der Waals surface area contributed by atoms with Crippen molar-refractivity contribution in [2.75, 3.05) is 20.8 Å². The zero-order valence-corrected chi connectivity index (χ0v) is 19.9. The lowest BCUT2D eigenvalue weighted by Gasteiger charge is -2.38. The first-order valence-electron chi connectivity index (χ1n) is 11.8. The predicted molar refractivity (Wildman–Crippen MR) is 132 cm³/mol. The van der Waals surface area contributed by atoms with Crippen molar-refractivity contribution in [2.24, 2.45) is 5.10 Å². The monoisotopic (exact) mass is 458 g/mol. The Labute approximate surface area is 200 Å². The highest BCUT2D eigenvalue weighted by Gasteiger charge is 2.41. The zero-order chi connectivity index (χ0) is 23.5. The maximum absolute atomic E-state index is 6.47. The number of hydrazone groups is 1. The lowest BCUT2D eigenvalue weighted by Crippen LogP contribution is -2.33. The minimum Gasteiger partial charge on any atom is -0.494 e. The highest BCUT2D eigenvalue weighted by Crippen LogP contribution is 2.48. The summed E-state index contributed by atoms with van der Waals surface area (Å²) in [6.45, 7) is 2.91. The van der Waals surface area contributed by atoms with Crippen molar-refractivity contribution in [3.05, 3.63) is 83.4 Å². The number of methoxy groups -OCH3 is 2. The van der Waals surface area contributed by atoms with Crippen LogP contribution in [0.25, 0.3) is 0 Å². The molecule has 2 atom stereocenters. The third kappa shape index (κ3) is 4.16. The van der Waals surface area contributed by atoms with E-state index in [4.69, 9.17) is 24.0 Å². The number of ether oxygens (including phenoxy) is 4. The summed E-state index contributed by atoms with van der Waals surface area (Å²) in [6.07, 6.45) is 2.62. The van der Waals surface area contributed by atoms with Gasteiger partial charge < -0.3 is 18.9 Å². The van der Waals surface area contributed by atoms with Crippen LogP contribution in [-0.2, 0) is 0 Å². The van der Waals surface area contributed by atoms with Crippen LogP contribution in [0.4, 0.5) is 0 Å². The number of hydrogen-bond acceptors (Lipinski definition) is 6. The fourth-order valence-electron chi connectivity index (χ4n) is 4.51. The number of fused-ring (bicyclic) bond motifs is 3. The molecule has 0 N–H and O–H groups in total. The summed E-state index contributed by atoms with van der Waals surface area (Å²) >= 11 is 0. The largest absolute Gasteiger partial charge is 0.494 e. The molecule has 5 rings (SSSR count). The second kappa shape index (κ2) is 9.67. The average molecular weight is 459 g/mol. The van der Waals surface area contributed by atoms with Gasteiger partial charge in [-0.2, -0.15) is 5.10 Å². The molecule has 3 aromatic rings. The van der Waals surface area contributed by atoms with Crippen LogP contribution < -0.4 is 18.9 Å². The fourth-order valence-corrected chi connectivity index (χ4v) is 4.51. The standard InChI is InChI=1S/C28H30N2O4/c1-4-5-16-33-21-13-10-19(11-14-21)23-18-24-22-8-6-7-9-25(22)34-28(30(24)29-23)20-12-15-26(31-2)27(17-20)32-3/h6-15,17,24,28H,4-5,16,18H2,1-3H3/t24-,28+/m0/s1. The number of benzene rings is 3. The number of unbranched alkanes of at least 4 members (excludes halogenated alkanes) is 1. The lowest BCUT2D eigenvalue weighted by molar-refractivity contribution is -0.0191.